The molecule has 2 aliphatic heterocycles. The van der Waals surface area contributed by atoms with E-state index < -0.39 is 16.7 Å². The maximum absolute atomic E-state index is 5.76. The van der Waals surface area contributed by atoms with Crippen LogP contribution in [0.1, 0.15) is 25.7 Å². The van der Waals surface area contributed by atoms with Crippen LogP contribution in [0.3, 0.4) is 0 Å². The maximum Gasteiger partial charge on any atom is 0.239 e. The van der Waals surface area contributed by atoms with E-state index in [4.69, 9.17) is 4.43 Å². The molecule has 2 saturated heterocycles. The molecule has 5 nitrogen and oxygen atoms in total. The van der Waals surface area contributed by atoms with Gasteiger partial charge in [-0.15, -0.1) is 0 Å². The Bertz CT molecular complexity index is 637. The smallest absolute Gasteiger partial charge is 0.239 e. The highest BCUT2D eigenvalue weighted by Gasteiger charge is 2.48. The predicted octanol–water partition coefficient (Wildman–Crippen LogP) is 3.24. The molecule has 7 heteroatoms. The molecule has 0 aliphatic carbocycles. The van der Waals surface area contributed by atoms with Gasteiger partial charge in [-0.2, -0.15) is 0 Å². The number of hydrogen-bond donors (Lipinski definition) is 0. The van der Waals surface area contributed by atoms with Gasteiger partial charge in [0.1, 0.15) is 0 Å². The molecule has 0 saturated carbocycles. The number of benzene rings is 1. The summed E-state index contributed by atoms with van der Waals surface area (Å²) in [5.74, 6) is 0. The maximum atomic E-state index is 5.76. The third-order valence-electron chi connectivity index (χ3n) is 7.90. The van der Waals surface area contributed by atoms with Crippen molar-refractivity contribution in [3.8, 4) is 0 Å². The van der Waals surface area contributed by atoms with E-state index in [1.165, 1.54) is 90.1 Å². The van der Waals surface area contributed by atoms with E-state index in [1.54, 1.807) is 5.19 Å². The first-order valence-electron chi connectivity index (χ1n) is 12.9. The largest absolute Gasteiger partial charge is 0.420 e. The van der Waals surface area contributed by atoms with Crippen molar-refractivity contribution in [3.05, 3.63) is 30.3 Å². The molecule has 0 spiro atoms. The van der Waals surface area contributed by atoms with Gasteiger partial charge in [0.05, 0.1) is 0 Å². The van der Waals surface area contributed by atoms with Gasteiger partial charge < -0.3 is 23.4 Å². The molecule has 0 bridgehead atoms. The molecule has 0 amide bonds. The van der Waals surface area contributed by atoms with Crippen LogP contribution in [0, 0.1) is 0 Å². The summed E-state index contributed by atoms with van der Waals surface area (Å²) < 4.78 is 11.7. The lowest BCUT2D eigenvalue weighted by Crippen LogP contribution is -2.76. The SMILES string of the molecule is CO[Si](C)(C)CCCCCC[Si](c1ccccc1)(N1CCN(C)CC1)N1CCN(C)CC1. The Labute approximate surface area is 200 Å². The Balaban J connectivity index is 1.76. The highest BCUT2D eigenvalue weighted by molar-refractivity contribution is 6.87. The van der Waals surface area contributed by atoms with Crippen molar-refractivity contribution in [1.82, 2.24) is 18.9 Å². The van der Waals surface area contributed by atoms with Gasteiger partial charge in [0.2, 0.25) is 8.40 Å². The normalized spacial score (nSPS) is 20.7. The summed E-state index contributed by atoms with van der Waals surface area (Å²) >= 11 is 0. The van der Waals surface area contributed by atoms with E-state index in [9.17, 15) is 0 Å². The van der Waals surface area contributed by atoms with Gasteiger partial charge in [0.25, 0.3) is 0 Å². The summed E-state index contributed by atoms with van der Waals surface area (Å²) in [4.78, 5) is 5.01. The van der Waals surface area contributed by atoms with Crippen LogP contribution in [0.15, 0.2) is 30.3 Å². The van der Waals surface area contributed by atoms with E-state index >= 15 is 0 Å². The Hall–Kier alpha value is -0.546. The molecule has 182 valence electrons. The summed E-state index contributed by atoms with van der Waals surface area (Å²) in [7, 11) is 3.12. The summed E-state index contributed by atoms with van der Waals surface area (Å²) in [5, 5.41) is 1.64. The van der Waals surface area contributed by atoms with Crippen molar-refractivity contribution >= 4 is 21.9 Å². The van der Waals surface area contributed by atoms with E-state index in [-0.39, 0.29) is 0 Å². The number of nitrogens with zero attached hydrogens (tertiary/aromatic N) is 4. The van der Waals surface area contributed by atoms with Crippen LogP contribution in [0.5, 0.6) is 0 Å². The summed E-state index contributed by atoms with van der Waals surface area (Å²) in [6.45, 7) is 14.4. The average Bonchev–Trinajstić information content (AvgIpc) is 2.81. The second-order valence-electron chi connectivity index (χ2n) is 10.6. The van der Waals surface area contributed by atoms with Crippen molar-refractivity contribution in [3.63, 3.8) is 0 Å². The molecule has 0 aromatic heterocycles. The van der Waals surface area contributed by atoms with E-state index in [2.05, 4.69) is 76.5 Å². The number of unbranched alkanes of at least 4 members (excludes halogenated alkanes) is 3. The molecule has 2 heterocycles. The van der Waals surface area contributed by atoms with Gasteiger partial charge in [-0.3, -0.25) is 0 Å². The number of likely N-dealkylation sites (N-methyl/N-ethyl adjacent to an activating group) is 2. The molecule has 0 atom stereocenters. The molecule has 0 unspecified atom stereocenters. The van der Waals surface area contributed by atoms with Gasteiger partial charge in [0, 0.05) is 59.5 Å². The number of piperazine rings is 2. The topological polar surface area (TPSA) is 22.2 Å². The minimum absolute atomic E-state index is 1.20. The van der Waals surface area contributed by atoms with Gasteiger partial charge in [0.15, 0.2) is 8.32 Å². The summed E-state index contributed by atoms with van der Waals surface area (Å²) in [5.41, 5.74) is 0. The van der Waals surface area contributed by atoms with Gasteiger partial charge >= 0.3 is 0 Å². The van der Waals surface area contributed by atoms with Crippen molar-refractivity contribution in [2.75, 3.05) is 73.6 Å². The Morgan fingerprint density at radius 3 is 1.62 bits per heavy atom. The molecule has 0 radical (unpaired) electrons. The fourth-order valence-electron chi connectivity index (χ4n) is 5.46. The lowest BCUT2D eigenvalue weighted by atomic mass is 10.2. The third-order valence-corrected chi connectivity index (χ3v) is 15.9. The quantitative estimate of drug-likeness (QED) is 0.360. The standard InChI is InChI=1S/C25H48N4OSi2/c1-26-15-19-28(20-16-26)32(25-13-9-8-10-14-25,29-21-17-27(2)18-22-29)24-12-7-6-11-23-31(4,5)30-3/h8-10,13-14H,6-7,11-12,15-24H2,1-5H3. The summed E-state index contributed by atoms with van der Waals surface area (Å²) in [6, 6.07) is 14.3. The predicted molar refractivity (Wildman–Crippen MR) is 143 cm³/mol. The van der Waals surface area contributed by atoms with Crippen molar-refractivity contribution in [2.45, 2.75) is 50.9 Å². The molecule has 3 rings (SSSR count). The van der Waals surface area contributed by atoms with Crippen LogP contribution >= 0.6 is 0 Å². The zero-order valence-corrected chi connectivity index (χ0v) is 23.5. The van der Waals surface area contributed by atoms with Crippen LogP contribution in [0.4, 0.5) is 0 Å². The lowest BCUT2D eigenvalue weighted by molar-refractivity contribution is 0.173. The van der Waals surface area contributed by atoms with Crippen LogP contribution in [0.25, 0.3) is 0 Å². The van der Waals surface area contributed by atoms with E-state index in [0.717, 1.165) is 0 Å². The van der Waals surface area contributed by atoms with E-state index in [0.29, 0.717) is 0 Å². The first-order chi connectivity index (χ1) is 15.4. The lowest BCUT2D eigenvalue weighted by Gasteiger charge is -2.53. The Kier molecular flexibility index (Phi) is 9.97. The molecule has 1 aromatic carbocycles. The molecular weight excluding hydrogens is 428 g/mol. The van der Waals surface area contributed by atoms with Crippen molar-refractivity contribution in [2.24, 2.45) is 0 Å². The molecular formula is C25H48N4OSi2. The fraction of sp³-hybridized carbons (Fsp3) is 0.760. The van der Waals surface area contributed by atoms with Gasteiger partial charge in [-0.1, -0.05) is 56.0 Å². The Morgan fingerprint density at radius 2 is 1.16 bits per heavy atom. The highest BCUT2D eigenvalue weighted by Crippen LogP contribution is 2.27. The molecule has 2 aliphatic rings. The zero-order chi connectivity index (χ0) is 23.0. The summed E-state index contributed by atoms with van der Waals surface area (Å²) in [6.07, 6.45) is 5.40. The second-order valence-corrected chi connectivity index (χ2v) is 19.0. The first-order valence-corrected chi connectivity index (χ1v) is 18.1. The van der Waals surface area contributed by atoms with Crippen LogP contribution in [0.2, 0.25) is 25.2 Å². The highest BCUT2D eigenvalue weighted by atomic mass is 28.4. The van der Waals surface area contributed by atoms with Crippen LogP contribution in [-0.4, -0.2) is 109 Å². The number of rotatable bonds is 11. The van der Waals surface area contributed by atoms with Crippen LogP contribution in [-0.2, 0) is 4.43 Å². The van der Waals surface area contributed by atoms with Crippen molar-refractivity contribution in [1.29, 1.82) is 0 Å². The Morgan fingerprint density at radius 1 is 0.688 bits per heavy atom. The van der Waals surface area contributed by atoms with Crippen molar-refractivity contribution < 1.29 is 4.43 Å². The minimum atomic E-state index is -1.94. The van der Waals surface area contributed by atoms with Gasteiger partial charge in [-0.25, -0.2) is 0 Å². The molecule has 0 N–H and O–H groups in total. The monoisotopic (exact) mass is 476 g/mol. The zero-order valence-electron chi connectivity index (χ0n) is 21.5. The first kappa shape index (κ1) is 26.1. The van der Waals surface area contributed by atoms with Crippen LogP contribution < -0.4 is 5.19 Å². The second kappa shape index (κ2) is 12.2. The molecule has 32 heavy (non-hydrogen) atoms. The number of hydrogen-bond acceptors (Lipinski definition) is 5. The average molecular weight is 477 g/mol. The fourth-order valence-corrected chi connectivity index (χ4v) is 12.2. The van der Waals surface area contributed by atoms with Gasteiger partial charge in [-0.05, 0) is 44.5 Å². The molecule has 1 aromatic rings. The molecule has 2 fully saturated rings. The third kappa shape index (κ3) is 6.75. The minimum Gasteiger partial charge on any atom is -0.420 e. The van der Waals surface area contributed by atoms with E-state index in [1.807, 2.05) is 7.11 Å².